The fourth-order valence-electron chi connectivity index (χ4n) is 4.68. The third kappa shape index (κ3) is 4.61. The van der Waals surface area contributed by atoms with E-state index < -0.39 is 6.17 Å². The lowest BCUT2D eigenvalue weighted by atomic mass is 9.96. The average molecular weight is 486 g/mol. The van der Waals surface area contributed by atoms with Crippen molar-refractivity contribution < 1.29 is 9.18 Å². The molecule has 0 bridgehead atoms. The lowest BCUT2D eigenvalue weighted by Crippen LogP contribution is -2.50. The van der Waals surface area contributed by atoms with Gasteiger partial charge in [-0.05, 0) is 18.2 Å². The van der Waals surface area contributed by atoms with E-state index in [9.17, 15) is 14.4 Å². The molecule has 0 aromatic carbocycles. The molecule has 1 aliphatic carbocycles. The molecule has 0 saturated carbocycles. The summed E-state index contributed by atoms with van der Waals surface area (Å²) in [4.78, 5) is 28.4. The fourth-order valence-corrected chi connectivity index (χ4v) is 4.68. The first-order valence-corrected chi connectivity index (χ1v) is 11.7. The van der Waals surface area contributed by atoms with Gasteiger partial charge in [0.1, 0.15) is 18.1 Å². The van der Waals surface area contributed by atoms with E-state index in [-0.39, 0.29) is 30.4 Å². The van der Waals surface area contributed by atoms with E-state index in [0.717, 1.165) is 22.3 Å². The minimum atomic E-state index is -1.45. The second-order valence-electron chi connectivity index (χ2n) is 8.88. The van der Waals surface area contributed by atoms with Crippen molar-refractivity contribution in [3.8, 4) is 23.4 Å². The van der Waals surface area contributed by atoms with Gasteiger partial charge in [-0.3, -0.25) is 14.4 Å². The van der Waals surface area contributed by atoms with Crippen LogP contribution >= 0.6 is 0 Å². The maximum absolute atomic E-state index is 14.4. The first-order valence-electron chi connectivity index (χ1n) is 11.7. The third-order valence-electron chi connectivity index (χ3n) is 6.65. The largest absolute Gasteiger partial charge is 0.346 e. The molecule has 1 saturated heterocycles. The minimum Gasteiger partial charge on any atom is -0.346 e. The predicted molar refractivity (Wildman–Crippen MR) is 129 cm³/mol. The molecule has 1 N–H and O–H groups in total. The van der Waals surface area contributed by atoms with Gasteiger partial charge in [0.25, 0.3) is 5.91 Å². The van der Waals surface area contributed by atoms with Crippen molar-refractivity contribution in [1.82, 2.24) is 34.5 Å². The Kier molecular flexibility index (Phi) is 6.56. The molecule has 3 aromatic heterocycles. The summed E-state index contributed by atoms with van der Waals surface area (Å²) in [7, 11) is 0. The van der Waals surface area contributed by atoms with Gasteiger partial charge < -0.3 is 9.88 Å². The van der Waals surface area contributed by atoms with Crippen molar-refractivity contribution in [2.75, 3.05) is 32.7 Å². The second kappa shape index (κ2) is 10.1. The number of carbonyl (C=O) groups is 1. The van der Waals surface area contributed by atoms with Gasteiger partial charge in [-0.1, -0.05) is 0 Å². The quantitative estimate of drug-likeness (QED) is 0.568. The summed E-state index contributed by atoms with van der Waals surface area (Å²) < 4.78 is 16.2. The number of rotatable bonds is 6. The summed E-state index contributed by atoms with van der Waals surface area (Å²) >= 11 is 0. The molecule has 3 aromatic rings. The maximum Gasteiger partial charge on any atom is 0.252 e. The van der Waals surface area contributed by atoms with Crippen LogP contribution in [0.4, 0.5) is 4.39 Å². The zero-order chi connectivity index (χ0) is 25.1. The Morgan fingerprint density at radius 3 is 2.81 bits per heavy atom. The molecule has 2 atom stereocenters. The zero-order valence-corrected chi connectivity index (χ0v) is 19.5. The van der Waals surface area contributed by atoms with Crippen LogP contribution in [0.25, 0.3) is 22.3 Å². The first-order chi connectivity index (χ1) is 17.6. The third-order valence-corrected chi connectivity index (χ3v) is 6.65. The number of alkyl halides is 1. The fraction of sp³-hybridized carbons (Fsp3) is 0.360. The molecule has 4 heterocycles. The highest BCUT2D eigenvalue weighted by molar-refractivity contribution is 5.95. The topological polar surface area (TPSA) is 131 Å². The number of halogens is 1. The number of hydrogen-bond donors (Lipinski definition) is 1. The van der Waals surface area contributed by atoms with Crippen LogP contribution in [0.1, 0.15) is 18.9 Å². The molecular formula is C25H24FN9O. The Morgan fingerprint density at radius 2 is 2.06 bits per heavy atom. The number of nitrogens with one attached hydrogen (secondary N) is 1. The highest BCUT2D eigenvalue weighted by atomic mass is 19.1. The smallest absolute Gasteiger partial charge is 0.252 e. The Labute approximate surface area is 207 Å². The van der Waals surface area contributed by atoms with Gasteiger partial charge in [0, 0.05) is 68.1 Å². The molecule has 0 spiro atoms. The van der Waals surface area contributed by atoms with Crippen LogP contribution in [0.5, 0.6) is 0 Å². The zero-order valence-electron chi connectivity index (χ0n) is 19.5. The number of H-pyrrole nitrogens is 1. The lowest BCUT2D eigenvalue weighted by molar-refractivity contribution is -0.129. The number of nitrogens with zero attached hydrogens (tertiary/aromatic N) is 8. The van der Waals surface area contributed by atoms with Crippen LogP contribution in [0.3, 0.4) is 0 Å². The van der Waals surface area contributed by atoms with E-state index in [1.165, 1.54) is 18.5 Å². The standard InChI is InChI=1S/C25H24FN9O/c26-22-11-17(12-28)1-2-20(22)25(36)34-9-7-33(8-10-34)15-19(3-5-27)35-14-18(13-32-35)23-21-4-6-29-24(21)31-16-30-23/h1-2,4,6,13-14,16,19,22H,3,7-11,15H2,(H,29,30,31). The van der Waals surface area contributed by atoms with Gasteiger partial charge in [-0.2, -0.15) is 15.6 Å². The van der Waals surface area contributed by atoms with Gasteiger partial charge in [0.05, 0.1) is 42.1 Å². The predicted octanol–water partition coefficient (Wildman–Crippen LogP) is 2.54. The maximum atomic E-state index is 14.4. The first kappa shape index (κ1) is 23.4. The van der Waals surface area contributed by atoms with E-state index in [4.69, 9.17) is 5.26 Å². The van der Waals surface area contributed by atoms with E-state index in [1.807, 2.05) is 24.5 Å². The van der Waals surface area contributed by atoms with Crippen molar-refractivity contribution >= 4 is 16.9 Å². The number of amides is 1. The molecule has 11 heteroatoms. The van der Waals surface area contributed by atoms with Crippen molar-refractivity contribution in [2.24, 2.45) is 0 Å². The molecule has 36 heavy (non-hydrogen) atoms. The Hall–Kier alpha value is -4.35. The molecule has 1 aliphatic heterocycles. The van der Waals surface area contributed by atoms with E-state index in [2.05, 4.69) is 31.0 Å². The molecule has 1 amide bonds. The van der Waals surface area contributed by atoms with Crippen LogP contribution in [-0.2, 0) is 4.79 Å². The van der Waals surface area contributed by atoms with Gasteiger partial charge in [-0.25, -0.2) is 14.4 Å². The van der Waals surface area contributed by atoms with Crippen LogP contribution in [-0.4, -0.2) is 79.3 Å². The highest BCUT2D eigenvalue weighted by Crippen LogP contribution is 2.27. The van der Waals surface area contributed by atoms with Crippen LogP contribution < -0.4 is 0 Å². The Morgan fingerprint density at radius 1 is 1.22 bits per heavy atom. The number of aromatic nitrogens is 5. The van der Waals surface area contributed by atoms with Gasteiger partial charge >= 0.3 is 0 Å². The van der Waals surface area contributed by atoms with Gasteiger partial charge in [0.2, 0.25) is 0 Å². The number of carbonyl (C=O) groups excluding carboxylic acids is 1. The van der Waals surface area contributed by atoms with Crippen LogP contribution in [0, 0.1) is 22.7 Å². The molecule has 2 aliphatic rings. The normalized spacial score (nSPS) is 19.3. The summed E-state index contributed by atoms with van der Waals surface area (Å²) in [5.74, 6) is -0.318. The summed E-state index contributed by atoms with van der Waals surface area (Å²) in [6, 6.07) is 5.95. The highest BCUT2D eigenvalue weighted by Gasteiger charge is 2.30. The molecule has 5 rings (SSSR count). The molecule has 2 unspecified atom stereocenters. The van der Waals surface area contributed by atoms with Crippen LogP contribution in [0.15, 0.2) is 54.3 Å². The second-order valence-corrected chi connectivity index (χ2v) is 8.88. The number of piperazine rings is 1. The summed E-state index contributed by atoms with van der Waals surface area (Å²) in [5.41, 5.74) is 2.81. The summed E-state index contributed by atoms with van der Waals surface area (Å²) in [5, 5.41) is 23.8. The van der Waals surface area contributed by atoms with Gasteiger partial charge in [-0.15, -0.1) is 0 Å². The molecule has 1 fully saturated rings. The van der Waals surface area contributed by atoms with Crippen molar-refractivity contribution in [3.63, 3.8) is 0 Å². The minimum absolute atomic E-state index is 0.0552. The number of allylic oxidation sites excluding steroid dienone is 3. The summed E-state index contributed by atoms with van der Waals surface area (Å²) in [6.07, 6.45) is 8.69. The Bertz CT molecular complexity index is 1410. The molecule has 182 valence electrons. The van der Waals surface area contributed by atoms with Crippen molar-refractivity contribution in [3.05, 3.63) is 54.3 Å². The average Bonchev–Trinajstić information content (AvgIpc) is 3.58. The van der Waals surface area contributed by atoms with E-state index in [0.29, 0.717) is 38.3 Å². The van der Waals surface area contributed by atoms with E-state index >= 15 is 0 Å². The van der Waals surface area contributed by atoms with Crippen molar-refractivity contribution in [2.45, 2.75) is 25.1 Å². The number of fused-ring (bicyclic) bond motifs is 1. The monoisotopic (exact) mass is 485 g/mol. The number of hydrogen-bond acceptors (Lipinski definition) is 7. The lowest BCUT2D eigenvalue weighted by Gasteiger charge is -2.37. The molecular weight excluding hydrogens is 461 g/mol. The van der Waals surface area contributed by atoms with Gasteiger partial charge in [0.15, 0.2) is 0 Å². The van der Waals surface area contributed by atoms with E-state index in [1.54, 1.807) is 15.8 Å². The van der Waals surface area contributed by atoms with Crippen LogP contribution in [0.2, 0.25) is 0 Å². The molecule has 0 radical (unpaired) electrons. The molecule has 10 nitrogen and oxygen atoms in total. The number of aromatic amines is 1. The number of nitriles is 2. The Balaban J connectivity index is 1.23. The SMILES string of the molecule is N#CCC(CN1CCN(C(=O)C2=CC=C(C#N)CC2F)CC1)n1cc(-c2ncnc3[nH]ccc23)cn1. The van der Waals surface area contributed by atoms with Crippen molar-refractivity contribution in [1.29, 1.82) is 10.5 Å². The summed E-state index contributed by atoms with van der Waals surface area (Å²) in [6.45, 7) is 2.76.